The summed E-state index contributed by atoms with van der Waals surface area (Å²) in [5, 5.41) is 8.04. The van der Waals surface area contributed by atoms with Gasteiger partial charge in [-0.25, -0.2) is 9.97 Å². The quantitative estimate of drug-likeness (QED) is 0.706. The number of oxime groups is 1. The summed E-state index contributed by atoms with van der Waals surface area (Å²) in [5.41, 5.74) is 17.4. The topological polar surface area (TPSA) is 111 Å². The van der Waals surface area contributed by atoms with Gasteiger partial charge in [-0.1, -0.05) is 11.2 Å². The van der Waals surface area contributed by atoms with E-state index in [-0.39, 0.29) is 0 Å². The van der Waals surface area contributed by atoms with Crippen LogP contribution in [-0.4, -0.2) is 34.9 Å². The van der Waals surface area contributed by atoms with Crippen molar-refractivity contribution in [1.29, 1.82) is 0 Å². The van der Waals surface area contributed by atoms with Gasteiger partial charge in [-0.3, -0.25) is 0 Å². The second-order valence-corrected chi connectivity index (χ2v) is 8.25. The molecule has 2 aliphatic carbocycles. The van der Waals surface area contributed by atoms with E-state index in [9.17, 15) is 0 Å². The van der Waals surface area contributed by atoms with E-state index < -0.39 is 5.41 Å². The molecule has 0 spiro atoms. The smallest absolute Gasteiger partial charge is 0.131 e. The van der Waals surface area contributed by atoms with Gasteiger partial charge in [0, 0.05) is 39.9 Å². The Labute approximate surface area is 165 Å². The maximum absolute atomic E-state index is 6.23. The maximum atomic E-state index is 6.23. The number of fused-ring (bicyclic) bond motifs is 3. The van der Waals surface area contributed by atoms with E-state index >= 15 is 0 Å². The molecule has 7 heteroatoms. The first-order valence-electron chi connectivity index (χ1n) is 9.81. The maximum Gasteiger partial charge on any atom is 0.131 e. The number of hydrogen-bond donors (Lipinski definition) is 3. The van der Waals surface area contributed by atoms with Crippen molar-refractivity contribution >= 4 is 17.2 Å². The van der Waals surface area contributed by atoms with Gasteiger partial charge in [0.05, 0.1) is 11.4 Å². The van der Waals surface area contributed by atoms with Crippen LogP contribution in [0.5, 0.6) is 0 Å². The lowest BCUT2D eigenvalue weighted by Gasteiger charge is -2.35. The van der Waals surface area contributed by atoms with E-state index in [1.165, 1.54) is 6.33 Å². The molecule has 4 rings (SSSR count). The summed E-state index contributed by atoms with van der Waals surface area (Å²) in [6.07, 6.45) is 5.83. The van der Waals surface area contributed by atoms with Gasteiger partial charge < -0.3 is 21.6 Å². The Morgan fingerprint density at radius 1 is 1.14 bits per heavy atom. The van der Waals surface area contributed by atoms with Crippen molar-refractivity contribution in [3.63, 3.8) is 0 Å². The van der Waals surface area contributed by atoms with Crippen molar-refractivity contribution in [1.82, 2.24) is 9.97 Å². The number of aromatic nitrogens is 2. The van der Waals surface area contributed by atoms with Crippen LogP contribution < -0.4 is 16.8 Å². The average Bonchev–Trinajstić information content (AvgIpc) is 2.66. The molecule has 0 aliphatic heterocycles. The molecule has 2 aromatic rings. The molecule has 148 valence electrons. The third-order valence-corrected chi connectivity index (χ3v) is 5.95. The standard InChI is InChI=1S/C21H28N6O/c1-21(2)17-18(24-11-25-20(17)23)15-9-8-14(10-16(15)19(21)27-28-3)26-13-6-4-12(22)5-7-13/h8-13,26H,4-7,22H2,1-3H3,(H2,23,24,25)/b27-19+. The molecule has 1 fully saturated rings. The van der Waals surface area contributed by atoms with Gasteiger partial charge in [-0.05, 0) is 51.7 Å². The van der Waals surface area contributed by atoms with Gasteiger partial charge in [0.2, 0.25) is 0 Å². The van der Waals surface area contributed by atoms with Crippen LogP contribution in [-0.2, 0) is 10.3 Å². The highest BCUT2D eigenvalue weighted by Crippen LogP contribution is 2.45. The lowest BCUT2D eigenvalue weighted by molar-refractivity contribution is 0.211. The van der Waals surface area contributed by atoms with Crippen LogP contribution in [0.15, 0.2) is 29.7 Å². The Morgan fingerprint density at radius 3 is 2.61 bits per heavy atom. The summed E-state index contributed by atoms with van der Waals surface area (Å²) in [6, 6.07) is 7.10. The number of nitrogens with two attached hydrogens (primary N) is 2. The van der Waals surface area contributed by atoms with E-state index in [1.54, 1.807) is 7.11 Å². The van der Waals surface area contributed by atoms with Crippen LogP contribution in [0.2, 0.25) is 0 Å². The largest absolute Gasteiger partial charge is 0.399 e. The molecule has 1 heterocycles. The van der Waals surface area contributed by atoms with E-state index in [2.05, 4.69) is 52.5 Å². The Bertz CT molecular complexity index is 915. The zero-order chi connectivity index (χ0) is 19.9. The Morgan fingerprint density at radius 2 is 1.89 bits per heavy atom. The lowest BCUT2D eigenvalue weighted by Crippen LogP contribution is -2.36. The summed E-state index contributed by atoms with van der Waals surface area (Å²) >= 11 is 0. The number of nitrogens with one attached hydrogen (secondary N) is 1. The van der Waals surface area contributed by atoms with Crippen molar-refractivity contribution in [2.24, 2.45) is 10.9 Å². The molecule has 7 nitrogen and oxygen atoms in total. The molecule has 28 heavy (non-hydrogen) atoms. The van der Waals surface area contributed by atoms with Crippen molar-refractivity contribution in [3.05, 3.63) is 35.7 Å². The molecule has 1 saturated carbocycles. The molecule has 0 amide bonds. The van der Waals surface area contributed by atoms with E-state index in [0.717, 1.165) is 59.5 Å². The number of nitrogens with zero attached hydrogens (tertiary/aromatic N) is 3. The van der Waals surface area contributed by atoms with Crippen molar-refractivity contribution in [2.45, 2.75) is 57.0 Å². The van der Waals surface area contributed by atoms with E-state index in [0.29, 0.717) is 17.9 Å². The molecule has 0 atom stereocenters. The lowest BCUT2D eigenvalue weighted by atomic mass is 9.70. The SMILES string of the molecule is CO/N=C1\c2cc(NC3CCC(N)CC3)ccc2-c2ncnc(N)c2C1(C)C. The van der Waals surface area contributed by atoms with Crippen molar-refractivity contribution in [3.8, 4) is 11.3 Å². The van der Waals surface area contributed by atoms with Crippen LogP contribution in [0.1, 0.15) is 50.7 Å². The molecule has 0 bridgehead atoms. The second-order valence-electron chi connectivity index (χ2n) is 8.25. The Kier molecular flexibility index (Phi) is 4.71. The zero-order valence-corrected chi connectivity index (χ0v) is 16.7. The molecule has 0 radical (unpaired) electrons. The first-order chi connectivity index (χ1) is 13.4. The zero-order valence-electron chi connectivity index (χ0n) is 16.7. The highest BCUT2D eigenvalue weighted by Gasteiger charge is 2.40. The van der Waals surface area contributed by atoms with Crippen LogP contribution in [0.25, 0.3) is 11.3 Å². The summed E-state index contributed by atoms with van der Waals surface area (Å²) < 4.78 is 0. The predicted octanol–water partition coefficient (Wildman–Crippen LogP) is 3.05. The molecule has 0 saturated heterocycles. The highest BCUT2D eigenvalue weighted by molar-refractivity contribution is 6.16. The van der Waals surface area contributed by atoms with Gasteiger partial charge in [-0.2, -0.15) is 0 Å². The molecular formula is C21H28N6O. The fourth-order valence-corrected chi connectivity index (χ4v) is 4.46. The number of nitrogen functional groups attached to an aromatic ring is 1. The molecule has 2 aliphatic rings. The molecule has 0 unspecified atom stereocenters. The fourth-order valence-electron chi connectivity index (χ4n) is 4.46. The average molecular weight is 380 g/mol. The summed E-state index contributed by atoms with van der Waals surface area (Å²) in [4.78, 5) is 14.0. The summed E-state index contributed by atoms with van der Waals surface area (Å²) in [7, 11) is 1.57. The van der Waals surface area contributed by atoms with Crippen LogP contribution in [0, 0.1) is 0 Å². The van der Waals surface area contributed by atoms with Crippen LogP contribution in [0.3, 0.4) is 0 Å². The minimum absolute atomic E-state index is 0.337. The normalized spacial score (nSPS) is 24.4. The first-order valence-corrected chi connectivity index (χ1v) is 9.81. The first kappa shape index (κ1) is 18.7. The Hall–Kier alpha value is -2.67. The van der Waals surface area contributed by atoms with Crippen molar-refractivity contribution in [2.75, 3.05) is 18.2 Å². The fraction of sp³-hybridized carbons (Fsp3) is 0.476. The summed E-state index contributed by atoms with van der Waals surface area (Å²) in [6.45, 7) is 4.16. The third kappa shape index (κ3) is 3.09. The molecule has 1 aromatic carbocycles. The summed E-state index contributed by atoms with van der Waals surface area (Å²) in [5.74, 6) is 0.477. The van der Waals surface area contributed by atoms with Crippen molar-refractivity contribution < 1.29 is 4.84 Å². The van der Waals surface area contributed by atoms with Gasteiger partial charge in [-0.15, -0.1) is 0 Å². The number of hydrogen-bond acceptors (Lipinski definition) is 7. The molecular weight excluding hydrogens is 352 g/mol. The van der Waals surface area contributed by atoms with Gasteiger partial charge >= 0.3 is 0 Å². The van der Waals surface area contributed by atoms with E-state index in [1.807, 2.05) is 0 Å². The monoisotopic (exact) mass is 380 g/mol. The van der Waals surface area contributed by atoms with Gasteiger partial charge in [0.25, 0.3) is 0 Å². The minimum atomic E-state index is -0.472. The van der Waals surface area contributed by atoms with E-state index in [4.69, 9.17) is 16.3 Å². The number of benzene rings is 1. The molecule has 1 aromatic heterocycles. The second kappa shape index (κ2) is 7.05. The molecule has 5 N–H and O–H groups in total. The minimum Gasteiger partial charge on any atom is -0.399 e. The van der Waals surface area contributed by atoms with Gasteiger partial charge in [0.15, 0.2) is 0 Å². The Balaban J connectivity index is 1.78. The predicted molar refractivity (Wildman–Crippen MR) is 112 cm³/mol. The third-order valence-electron chi connectivity index (χ3n) is 5.95. The highest BCUT2D eigenvalue weighted by atomic mass is 16.6. The van der Waals surface area contributed by atoms with Crippen LogP contribution >= 0.6 is 0 Å². The van der Waals surface area contributed by atoms with Gasteiger partial charge in [0.1, 0.15) is 19.3 Å². The number of rotatable bonds is 3. The van der Waals surface area contributed by atoms with Crippen LogP contribution in [0.4, 0.5) is 11.5 Å². The number of anilines is 2.